The lowest BCUT2D eigenvalue weighted by Crippen LogP contribution is -2.31. The molecule has 0 fully saturated rings. The second-order valence-electron chi connectivity index (χ2n) is 4.12. The number of alkyl halides is 3. The highest BCUT2D eigenvalue weighted by atomic mass is 19.4. The van der Waals surface area contributed by atoms with E-state index in [0.29, 0.717) is 11.6 Å². The average molecular weight is 270 g/mol. The van der Waals surface area contributed by atoms with Crippen LogP contribution in [-0.4, -0.2) is 26.9 Å². The van der Waals surface area contributed by atoms with Crippen LogP contribution in [0.5, 0.6) is 0 Å². The Labute approximate surface area is 107 Å². The summed E-state index contributed by atoms with van der Waals surface area (Å²) in [7, 11) is -0.323. The fourth-order valence-electron chi connectivity index (χ4n) is 1.70. The first-order valence-corrected chi connectivity index (χ1v) is 5.35. The summed E-state index contributed by atoms with van der Waals surface area (Å²) in [5, 5.41) is 22.0. The maximum atomic E-state index is 12.7. The summed E-state index contributed by atoms with van der Waals surface area (Å²) in [6.07, 6.45) is -1.60. The van der Waals surface area contributed by atoms with E-state index in [4.69, 9.17) is 10.0 Å². The van der Waals surface area contributed by atoms with Gasteiger partial charge in [-0.2, -0.15) is 18.3 Å². The van der Waals surface area contributed by atoms with E-state index < -0.39 is 18.9 Å². The molecule has 0 bridgehead atoms. The van der Waals surface area contributed by atoms with Crippen molar-refractivity contribution < 1.29 is 23.2 Å². The van der Waals surface area contributed by atoms with Gasteiger partial charge in [-0.05, 0) is 17.1 Å². The van der Waals surface area contributed by atoms with Gasteiger partial charge in [0.1, 0.15) is 0 Å². The molecule has 0 saturated carbocycles. The molecular formula is C11H10BF3N2O2. The zero-order chi connectivity index (χ0) is 14.2. The molecule has 0 aliphatic heterocycles. The number of halogens is 3. The molecule has 1 aromatic carbocycles. The highest BCUT2D eigenvalue weighted by Crippen LogP contribution is 2.31. The fourth-order valence-corrected chi connectivity index (χ4v) is 1.70. The predicted octanol–water partition coefficient (Wildman–Crippen LogP) is 0.786. The van der Waals surface area contributed by atoms with Gasteiger partial charge in [0, 0.05) is 18.8 Å². The molecule has 19 heavy (non-hydrogen) atoms. The molecule has 0 aliphatic carbocycles. The van der Waals surface area contributed by atoms with Gasteiger partial charge in [0.15, 0.2) is 0 Å². The Morgan fingerprint density at radius 2 is 1.84 bits per heavy atom. The van der Waals surface area contributed by atoms with Crippen molar-refractivity contribution in [1.29, 1.82) is 0 Å². The minimum Gasteiger partial charge on any atom is -0.423 e. The van der Waals surface area contributed by atoms with Crippen LogP contribution in [0.4, 0.5) is 13.2 Å². The number of hydrogen-bond acceptors (Lipinski definition) is 3. The molecule has 0 unspecified atom stereocenters. The summed E-state index contributed by atoms with van der Waals surface area (Å²) in [4.78, 5) is 0. The first-order valence-electron chi connectivity index (χ1n) is 5.35. The highest BCUT2D eigenvalue weighted by molar-refractivity contribution is 6.58. The van der Waals surface area contributed by atoms with Crippen molar-refractivity contribution in [2.75, 3.05) is 0 Å². The highest BCUT2D eigenvalue weighted by Gasteiger charge is 2.32. The van der Waals surface area contributed by atoms with Crippen LogP contribution in [0.15, 0.2) is 30.6 Å². The van der Waals surface area contributed by atoms with Crippen LogP contribution >= 0.6 is 0 Å². The summed E-state index contributed by atoms with van der Waals surface area (Å²) in [6, 6.07) is 2.95. The molecule has 8 heteroatoms. The summed E-state index contributed by atoms with van der Waals surface area (Å²) < 4.78 is 39.7. The van der Waals surface area contributed by atoms with Crippen LogP contribution in [0.2, 0.25) is 0 Å². The van der Waals surface area contributed by atoms with E-state index in [1.54, 1.807) is 13.2 Å². The maximum Gasteiger partial charge on any atom is 0.488 e. The van der Waals surface area contributed by atoms with Crippen molar-refractivity contribution in [3.63, 3.8) is 0 Å². The minimum absolute atomic E-state index is 0.214. The Balaban J connectivity index is 2.58. The van der Waals surface area contributed by atoms with Crippen molar-refractivity contribution in [3.8, 4) is 11.1 Å². The fraction of sp³-hybridized carbons (Fsp3) is 0.182. The normalized spacial score (nSPS) is 11.7. The van der Waals surface area contributed by atoms with Crippen molar-refractivity contribution in [3.05, 3.63) is 36.2 Å². The van der Waals surface area contributed by atoms with Gasteiger partial charge in [-0.25, -0.2) is 0 Å². The van der Waals surface area contributed by atoms with Crippen LogP contribution in [0.1, 0.15) is 5.56 Å². The third-order valence-electron chi connectivity index (χ3n) is 2.62. The Kier molecular flexibility index (Phi) is 3.38. The molecule has 0 aliphatic rings. The molecule has 0 saturated heterocycles. The number of hydrogen-bond donors (Lipinski definition) is 2. The lowest BCUT2D eigenvalue weighted by Gasteiger charge is -2.11. The second kappa shape index (κ2) is 4.71. The maximum absolute atomic E-state index is 12.7. The predicted molar refractivity (Wildman–Crippen MR) is 63.5 cm³/mol. The number of benzene rings is 1. The third-order valence-corrected chi connectivity index (χ3v) is 2.62. The van der Waals surface area contributed by atoms with E-state index in [9.17, 15) is 13.2 Å². The molecular weight excluding hydrogens is 260 g/mol. The van der Waals surface area contributed by atoms with Crippen LogP contribution in [-0.2, 0) is 13.2 Å². The van der Waals surface area contributed by atoms with E-state index >= 15 is 0 Å². The molecule has 100 valence electrons. The van der Waals surface area contributed by atoms with Gasteiger partial charge in [0.2, 0.25) is 0 Å². The topological polar surface area (TPSA) is 58.3 Å². The van der Waals surface area contributed by atoms with Crippen molar-refractivity contribution in [1.82, 2.24) is 9.78 Å². The molecule has 4 nitrogen and oxygen atoms in total. The Bertz CT molecular complexity index is 596. The van der Waals surface area contributed by atoms with Crippen LogP contribution < -0.4 is 5.46 Å². The van der Waals surface area contributed by atoms with Gasteiger partial charge < -0.3 is 10.0 Å². The largest absolute Gasteiger partial charge is 0.488 e. The molecule has 1 heterocycles. The third kappa shape index (κ3) is 2.97. The van der Waals surface area contributed by atoms with Gasteiger partial charge in [0.05, 0.1) is 11.8 Å². The van der Waals surface area contributed by atoms with E-state index in [1.165, 1.54) is 16.9 Å². The van der Waals surface area contributed by atoms with Gasteiger partial charge in [-0.15, -0.1) is 0 Å². The van der Waals surface area contributed by atoms with Crippen LogP contribution in [0, 0.1) is 0 Å². The summed E-state index contributed by atoms with van der Waals surface area (Å²) in [5.41, 5.74) is -0.452. The lowest BCUT2D eigenvalue weighted by molar-refractivity contribution is -0.137. The lowest BCUT2D eigenvalue weighted by atomic mass is 9.78. The Hall–Kier alpha value is -1.80. The molecule has 0 radical (unpaired) electrons. The Morgan fingerprint density at radius 1 is 1.16 bits per heavy atom. The zero-order valence-electron chi connectivity index (χ0n) is 9.89. The van der Waals surface area contributed by atoms with E-state index in [-0.39, 0.29) is 11.0 Å². The summed E-state index contributed by atoms with van der Waals surface area (Å²) >= 11 is 0. The average Bonchev–Trinajstić information content (AvgIpc) is 2.74. The van der Waals surface area contributed by atoms with E-state index in [2.05, 4.69) is 5.10 Å². The van der Waals surface area contributed by atoms with Crippen LogP contribution in [0.3, 0.4) is 0 Å². The first kappa shape index (κ1) is 13.6. The number of aromatic nitrogens is 2. The molecule has 1 aromatic heterocycles. The Morgan fingerprint density at radius 3 is 2.32 bits per heavy atom. The SMILES string of the molecule is Cn1cc(-c2cc(B(O)O)cc(C(F)(F)F)c2)cn1. The van der Waals surface area contributed by atoms with Crippen molar-refractivity contribution >= 4 is 12.6 Å². The van der Waals surface area contributed by atoms with E-state index in [0.717, 1.165) is 6.07 Å². The molecule has 0 atom stereocenters. The number of rotatable bonds is 2. The molecule has 2 aromatic rings. The quantitative estimate of drug-likeness (QED) is 0.793. The first-order chi connectivity index (χ1) is 8.77. The van der Waals surface area contributed by atoms with Crippen LogP contribution in [0.25, 0.3) is 11.1 Å². The monoisotopic (exact) mass is 270 g/mol. The second-order valence-corrected chi connectivity index (χ2v) is 4.12. The summed E-state index contributed by atoms with van der Waals surface area (Å²) in [6.45, 7) is 0. The van der Waals surface area contributed by atoms with Crippen molar-refractivity contribution in [2.24, 2.45) is 7.05 Å². The minimum atomic E-state index is -4.55. The molecule has 0 amide bonds. The van der Waals surface area contributed by atoms with Gasteiger partial charge >= 0.3 is 13.3 Å². The van der Waals surface area contributed by atoms with Crippen molar-refractivity contribution in [2.45, 2.75) is 6.18 Å². The van der Waals surface area contributed by atoms with Gasteiger partial charge in [-0.1, -0.05) is 12.1 Å². The van der Waals surface area contributed by atoms with E-state index in [1.807, 2.05) is 0 Å². The van der Waals surface area contributed by atoms with Gasteiger partial charge in [0.25, 0.3) is 0 Å². The molecule has 0 spiro atoms. The zero-order valence-corrected chi connectivity index (χ0v) is 9.89. The molecule has 2 rings (SSSR count). The smallest absolute Gasteiger partial charge is 0.423 e. The number of aryl methyl sites for hydroxylation is 1. The summed E-state index contributed by atoms with van der Waals surface area (Å²) in [5.74, 6) is 0. The van der Waals surface area contributed by atoms with Gasteiger partial charge in [-0.3, -0.25) is 4.68 Å². The molecule has 2 N–H and O–H groups in total. The standard InChI is InChI=1S/C11H10BF3N2O2/c1-17-6-8(5-16-17)7-2-9(11(13,14)15)4-10(3-7)12(18)19/h2-6,18-19H,1H3. The number of nitrogens with zero attached hydrogens (tertiary/aromatic N) is 2.